The van der Waals surface area contributed by atoms with Gasteiger partial charge in [0.15, 0.2) is 0 Å². The third kappa shape index (κ3) is 44.8. The number of nitrogens with zero attached hydrogens (tertiary/aromatic N) is 1. The molecular formula is C43H85NO4S. The van der Waals surface area contributed by atoms with E-state index in [0.29, 0.717) is 5.57 Å². The van der Waals surface area contributed by atoms with Gasteiger partial charge in [0, 0.05) is 17.4 Å². The van der Waals surface area contributed by atoms with E-state index in [4.69, 9.17) is 0 Å². The van der Waals surface area contributed by atoms with Crippen molar-refractivity contribution >= 4 is 21.6 Å². The summed E-state index contributed by atoms with van der Waals surface area (Å²) in [6.45, 7) is 16.0. The highest BCUT2D eigenvalue weighted by Crippen LogP contribution is 2.15. The van der Waals surface area contributed by atoms with E-state index >= 15 is 0 Å². The average Bonchev–Trinajstić information content (AvgIpc) is 3.08. The predicted octanol–water partition coefficient (Wildman–Crippen LogP) is 13.2. The van der Waals surface area contributed by atoms with E-state index in [1.54, 1.807) is 0 Å². The molecule has 0 unspecified atom stereocenters. The lowest BCUT2D eigenvalue weighted by Crippen LogP contribution is -2.27. The van der Waals surface area contributed by atoms with Crippen molar-refractivity contribution < 1.29 is 17.9 Å². The fourth-order valence-electron chi connectivity index (χ4n) is 6.22. The molecule has 0 N–H and O–H groups in total. The highest BCUT2D eigenvalue weighted by Gasteiger charge is 2.05. The monoisotopic (exact) mass is 712 g/mol. The van der Waals surface area contributed by atoms with Crippen LogP contribution in [0.2, 0.25) is 0 Å². The second kappa shape index (κ2) is 43.0. The van der Waals surface area contributed by atoms with Crippen LogP contribution in [0.5, 0.6) is 0 Å². The SMILES string of the molecule is C=C(C)C(=O)OCCC=S(=O)=O.CCCCCCCCCCCCN(CCCCCCCCCCCC)CCCCCCCCCCCC. The van der Waals surface area contributed by atoms with Crippen LogP contribution in [-0.2, 0) is 19.8 Å². The van der Waals surface area contributed by atoms with Crippen molar-refractivity contribution in [2.45, 2.75) is 227 Å². The topological polar surface area (TPSA) is 63.7 Å². The first kappa shape index (κ1) is 50.0. The summed E-state index contributed by atoms with van der Waals surface area (Å²) >= 11 is 0. The first-order valence-corrected chi connectivity index (χ1v) is 22.5. The average molecular weight is 712 g/mol. The predicted molar refractivity (Wildman–Crippen MR) is 217 cm³/mol. The van der Waals surface area contributed by atoms with E-state index in [-0.39, 0.29) is 13.0 Å². The lowest BCUT2D eigenvalue weighted by atomic mass is 10.1. The zero-order valence-electron chi connectivity index (χ0n) is 33.5. The minimum absolute atomic E-state index is 0.0691. The minimum Gasteiger partial charge on any atom is -0.462 e. The largest absolute Gasteiger partial charge is 0.462 e. The van der Waals surface area contributed by atoms with Crippen LogP contribution >= 0.6 is 0 Å². The smallest absolute Gasteiger partial charge is 0.333 e. The van der Waals surface area contributed by atoms with E-state index in [0.717, 1.165) is 5.37 Å². The molecule has 0 fully saturated rings. The minimum atomic E-state index is -2.18. The van der Waals surface area contributed by atoms with Gasteiger partial charge in [-0.15, -0.1) is 0 Å². The zero-order valence-corrected chi connectivity index (χ0v) is 34.3. The Labute approximate surface area is 308 Å². The Hall–Kier alpha value is -1.14. The van der Waals surface area contributed by atoms with Gasteiger partial charge < -0.3 is 9.64 Å². The first-order valence-electron chi connectivity index (χ1n) is 21.3. The number of unbranched alkanes of at least 4 members (excludes halogenated alkanes) is 27. The van der Waals surface area contributed by atoms with Crippen molar-refractivity contribution in [1.29, 1.82) is 0 Å². The molecule has 0 saturated carbocycles. The van der Waals surface area contributed by atoms with Crippen LogP contribution in [0.1, 0.15) is 227 Å². The molecule has 6 heteroatoms. The maximum atomic E-state index is 10.7. The van der Waals surface area contributed by atoms with Gasteiger partial charge in [0.1, 0.15) is 0 Å². The van der Waals surface area contributed by atoms with Gasteiger partial charge in [-0.25, -0.2) is 4.79 Å². The molecule has 0 aliphatic rings. The van der Waals surface area contributed by atoms with E-state index in [2.05, 4.69) is 37.0 Å². The molecule has 0 radical (unpaired) electrons. The summed E-state index contributed by atoms with van der Waals surface area (Å²) in [6.07, 6.45) is 43.8. The molecule has 292 valence electrons. The molecule has 0 amide bonds. The van der Waals surface area contributed by atoms with Gasteiger partial charge in [0.2, 0.25) is 10.3 Å². The molecule has 0 aliphatic carbocycles. The molecule has 0 atom stereocenters. The Bertz CT molecular complexity index is 761. The van der Waals surface area contributed by atoms with Crippen molar-refractivity contribution in [3.05, 3.63) is 12.2 Å². The lowest BCUT2D eigenvalue weighted by molar-refractivity contribution is -0.138. The van der Waals surface area contributed by atoms with E-state index in [1.807, 2.05) is 0 Å². The number of carbonyl (C=O) groups excluding carboxylic acids is 1. The second-order valence-electron chi connectivity index (χ2n) is 14.5. The van der Waals surface area contributed by atoms with Gasteiger partial charge in [0.05, 0.1) is 6.61 Å². The Balaban J connectivity index is 0. The second-order valence-corrected chi connectivity index (χ2v) is 15.4. The summed E-state index contributed by atoms with van der Waals surface area (Å²) in [5.41, 5.74) is 0.304. The Kier molecular flexibility index (Phi) is 43.9. The van der Waals surface area contributed by atoms with Crippen molar-refractivity contribution in [2.24, 2.45) is 0 Å². The van der Waals surface area contributed by atoms with Crippen molar-refractivity contribution in [3.8, 4) is 0 Å². The Morgan fingerprint density at radius 3 is 1.02 bits per heavy atom. The summed E-state index contributed by atoms with van der Waals surface area (Å²) < 4.78 is 24.5. The molecule has 0 saturated heterocycles. The standard InChI is InChI=1S/C36H75N.C7H10O4S/c1-4-7-10-13-16-19-22-25-28-31-34-37(35-32-29-26-23-20-17-14-11-8-5-2)36-33-30-27-24-21-18-15-12-9-6-3;1-6(2)7(8)11-4-3-5-12(9)10/h4-36H2,1-3H3;5H,1,3-4H2,2H3. The molecule has 0 bridgehead atoms. The van der Waals surface area contributed by atoms with Gasteiger partial charge in [-0.05, 0) is 45.8 Å². The van der Waals surface area contributed by atoms with Gasteiger partial charge in [-0.1, -0.05) is 201 Å². The van der Waals surface area contributed by atoms with Crippen LogP contribution in [0.4, 0.5) is 0 Å². The molecule has 0 heterocycles. The van der Waals surface area contributed by atoms with Gasteiger partial charge in [-0.2, -0.15) is 8.42 Å². The number of hydrogen-bond donors (Lipinski definition) is 0. The van der Waals surface area contributed by atoms with Crippen LogP contribution in [-0.4, -0.2) is 50.9 Å². The summed E-state index contributed by atoms with van der Waals surface area (Å²) in [5, 5.41) is 1.03. The van der Waals surface area contributed by atoms with Crippen LogP contribution < -0.4 is 0 Å². The van der Waals surface area contributed by atoms with Crippen LogP contribution in [0.15, 0.2) is 12.2 Å². The highest BCUT2D eigenvalue weighted by molar-refractivity contribution is 7.71. The molecule has 5 nitrogen and oxygen atoms in total. The Morgan fingerprint density at radius 1 is 0.510 bits per heavy atom. The molecule has 0 spiro atoms. The molecular weight excluding hydrogens is 627 g/mol. The molecule has 49 heavy (non-hydrogen) atoms. The number of carbonyl (C=O) groups is 1. The maximum absolute atomic E-state index is 10.7. The van der Waals surface area contributed by atoms with Crippen LogP contribution in [0.25, 0.3) is 0 Å². The quantitative estimate of drug-likeness (QED) is 0.0278. The van der Waals surface area contributed by atoms with Gasteiger partial charge in [0.25, 0.3) is 0 Å². The molecule has 0 aromatic heterocycles. The lowest BCUT2D eigenvalue weighted by Gasteiger charge is -2.22. The third-order valence-electron chi connectivity index (χ3n) is 9.44. The summed E-state index contributed by atoms with van der Waals surface area (Å²) in [6, 6.07) is 0. The van der Waals surface area contributed by atoms with Crippen molar-refractivity contribution in [2.75, 3.05) is 26.2 Å². The summed E-state index contributed by atoms with van der Waals surface area (Å²) in [4.78, 5) is 13.5. The number of esters is 1. The summed E-state index contributed by atoms with van der Waals surface area (Å²) in [7, 11) is -2.18. The third-order valence-corrected chi connectivity index (χ3v) is 9.94. The maximum Gasteiger partial charge on any atom is 0.333 e. The van der Waals surface area contributed by atoms with Gasteiger partial charge in [-0.3, -0.25) is 0 Å². The molecule has 0 rings (SSSR count). The fourth-order valence-corrected chi connectivity index (χ4v) is 6.51. The van der Waals surface area contributed by atoms with Gasteiger partial charge >= 0.3 is 5.97 Å². The number of hydrogen-bond acceptors (Lipinski definition) is 5. The number of rotatable bonds is 37. The van der Waals surface area contributed by atoms with Crippen molar-refractivity contribution in [3.63, 3.8) is 0 Å². The molecule has 0 aromatic rings. The first-order chi connectivity index (χ1) is 23.9. The number of ether oxygens (including phenoxy) is 1. The molecule has 0 aliphatic heterocycles. The Morgan fingerprint density at radius 2 is 0.776 bits per heavy atom. The van der Waals surface area contributed by atoms with E-state index < -0.39 is 16.3 Å². The fraction of sp³-hybridized carbons (Fsp3) is 0.907. The summed E-state index contributed by atoms with van der Waals surface area (Å²) in [5.74, 6) is -0.500. The normalized spacial score (nSPS) is 11.0. The zero-order chi connectivity index (χ0) is 36.5. The van der Waals surface area contributed by atoms with Crippen LogP contribution in [0, 0.1) is 0 Å². The van der Waals surface area contributed by atoms with Crippen molar-refractivity contribution in [1.82, 2.24) is 4.90 Å². The molecule has 0 aromatic carbocycles. The van der Waals surface area contributed by atoms with E-state index in [1.165, 1.54) is 219 Å². The van der Waals surface area contributed by atoms with E-state index in [9.17, 15) is 13.2 Å². The highest BCUT2D eigenvalue weighted by atomic mass is 32.2. The van der Waals surface area contributed by atoms with Crippen LogP contribution in [0.3, 0.4) is 0 Å².